The fourth-order valence-electron chi connectivity index (χ4n) is 5.91. The minimum atomic E-state index is -1.36. The monoisotopic (exact) mass is 611 g/mol. The second-order valence-corrected chi connectivity index (χ2v) is 13.4. The van der Waals surface area contributed by atoms with Gasteiger partial charge in [0.2, 0.25) is 5.43 Å². The van der Waals surface area contributed by atoms with Gasteiger partial charge in [0.15, 0.2) is 5.72 Å². The number of carboxylic acids is 1. The van der Waals surface area contributed by atoms with Gasteiger partial charge < -0.3 is 24.2 Å². The lowest BCUT2D eigenvalue weighted by atomic mass is 10.1. The molecule has 1 saturated carbocycles. The van der Waals surface area contributed by atoms with E-state index in [1.165, 1.54) is 11.3 Å². The van der Waals surface area contributed by atoms with Gasteiger partial charge in [-0.1, -0.05) is 12.1 Å². The second kappa shape index (κ2) is 9.91. The number of pyridine rings is 1. The molecule has 226 valence electrons. The van der Waals surface area contributed by atoms with E-state index in [-0.39, 0.29) is 28.8 Å². The molecule has 0 amide bonds. The number of aromatic carboxylic acids is 1. The van der Waals surface area contributed by atoms with E-state index in [9.17, 15) is 24.3 Å². The molecule has 43 heavy (non-hydrogen) atoms. The van der Waals surface area contributed by atoms with Crippen LogP contribution >= 0.6 is 11.3 Å². The fourth-order valence-corrected chi connectivity index (χ4v) is 7.09. The molecule has 2 aliphatic rings. The molecule has 1 aliphatic heterocycles. The topological polar surface area (TPSA) is 136 Å². The van der Waals surface area contributed by atoms with Crippen LogP contribution in [0.4, 0.5) is 19.7 Å². The number of fused-ring (bicyclic) bond motifs is 6. The standard InChI is InChI=1S/C30H30FN3O8S/c1-29(2,3)41-27(38)40-28(39)42-30(4,5)32-23-15-12-33(13-16(15)23)20-11-19-14(10-17(20)31)24(35)22(26(36)37)25-34(19)18-8-6-7-9-21(18)43-25/h6-11,15-16,23,32H,12-13H2,1-5H3,(H,36,37). The lowest BCUT2D eigenvalue weighted by molar-refractivity contribution is -0.0463. The number of ether oxygens (including phenoxy) is 3. The van der Waals surface area contributed by atoms with E-state index in [0.29, 0.717) is 29.1 Å². The first-order chi connectivity index (χ1) is 20.1. The first kappa shape index (κ1) is 28.9. The van der Waals surface area contributed by atoms with Crippen LogP contribution in [-0.2, 0) is 14.2 Å². The third kappa shape index (κ3) is 5.27. The molecule has 3 heterocycles. The van der Waals surface area contributed by atoms with Gasteiger partial charge in [0, 0.05) is 19.1 Å². The summed E-state index contributed by atoms with van der Waals surface area (Å²) < 4.78 is 32.9. The summed E-state index contributed by atoms with van der Waals surface area (Å²) in [5.41, 5.74) is -1.59. The number of hydrogen-bond donors (Lipinski definition) is 2. The first-order valence-electron chi connectivity index (χ1n) is 13.7. The molecule has 0 radical (unpaired) electrons. The third-order valence-electron chi connectivity index (χ3n) is 7.66. The number of carbonyl (C=O) groups is 3. The maximum Gasteiger partial charge on any atom is 0.520 e. The van der Waals surface area contributed by atoms with Gasteiger partial charge in [-0.05, 0) is 70.7 Å². The average Bonchev–Trinajstić information content (AvgIpc) is 3.21. The number of nitrogens with zero attached hydrogens (tertiary/aromatic N) is 2. The molecule has 0 bridgehead atoms. The van der Waals surface area contributed by atoms with Crippen LogP contribution in [0.5, 0.6) is 0 Å². The molecule has 1 saturated heterocycles. The maximum absolute atomic E-state index is 15.5. The Morgan fingerprint density at radius 3 is 2.30 bits per heavy atom. The normalized spacial score (nSPS) is 20.0. The lowest BCUT2D eigenvalue weighted by Gasteiger charge is -2.29. The van der Waals surface area contributed by atoms with Crippen LogP contribution in [0.3, 0.4) is 0 Å². The highest BCUT2D eigenvalue weighted by Crippen LogP contribution is 2.48. The summed E-state index contributed by atoms with van der Waals surface area (Å²) in [6, 6.07) is 10.1. The molecule has 2 N–H and O–H groups in total. The molecular formula is C30H30FN3O8S. The number of anilines is 1. The zero-order valence-electron chi connectivity index (χ0n) is 24.1. The summed E-state index contributed by atoms with van der Waals surface area (Å²) in [4.78, 5) is 51.4. The predicted octanol–water partition coefficient (Wildman–Crippen LogP) is 5.35. The van der Waals surface area contributed by atoms with Crippen molar-refractivity contribution in [3.05, 3.63) is 58.0 Å². The number of thiazole rings is 1. The van der Waals surface area contributed by atoms with Crippen molar-refractivity contribution >= 4 is 61.3 Å². The zero-order valence-corrected chi connectivity index (χ0v) is 24.9. The Labute approximate surface area is 248 Å². The Morgan fingerprint density at radius 1 is 1.00 bits per heavy atom. The molecule has 6 rings (SSSR count). The van der Waals surface area contributed by atoms with E-state index in [4.69, 9.17) is 9.47 Å². The Kier molecular flexibility index (Phi) is 6.66. The molecule has 2 unspecified atom stereocenters. The number of halogens is 1. The molecule has 13 heteroatoms. The molecule has 2 aromatic heterocycles. The molecule has 2 fully saturated rings. The molecule has 0 spiro atoms. The number of benzene rings is 2. The Balaban J connectivity index is 1.21. The summed E-state index contributed by atoms with van der Waals surface area (Å²) in [5.74, 6) is -1.69. The highest BCUT2D eigenvalue weighted by molar-refractivity contribution is 7.24. The van der Waals surface area contributed by atoms with Crippen LogP contribution in [0, 0.1) is 17.7 Å². The van der Waals surface area contributed by atoms with Gasteiger partial charge in [0.05, 0.1) is 26.8 Å². The van der Waals surface area contributed by atoms with Crippen LogP contribution < -0.4 is 15.6 Å². The highest BCUT2D eigenvalue weighted by atomic mass is 32.1. The SMILES string of the molecule is CC(C)(C)OC(=O)OC(=O)OC(C)(C)NC1C2CN(c3cc4c(cc3F)c(=O)c(C(=O)O)c3sc5ccccc5n34)CC21. The van der Waals surface area contributed by atoms with Gasteiger partial charge in [-0.15, -0.1) is 11.3 Å². The van der Waals surface area contributed by atoms with E-state index < -0.39 is 40.9 Å². The van der Waals surface area contributed by atoms with Gasteiger partial charge in [0.1, 0.15) is 21.8 Å². The Bertz CT molecular complexity index is 1880. The first-order valence-corrected chi connectivity index (χ1v) is 14.5. The summed E-state index contributed by atoms with van der Waals surface area (Å²) >= 11 is 1.21. The minimum absolute atomic E-state index is 0.000712. The molecule has 2 aromatic carbocycles. The summed E-state index contributed by atoms with van der Waals surface area (Å²) in [6.07, 6.45) is -2.34. The van der Waals surface area contributed by atoms with Crippen LogP contribution in [0.1, 0.15) is 45.0 Å². The van der Waals surface area contributed by atoms with Gasteiger partial charge in [0.25, 0.3) is 0 Å². The van der Waals surface area contributed by atoms with Gasteiger partial charge in [-0.3, -0.25) is 14.5 Å². The number of aromatic nitrogens is 1. The number of hydrogen-bond acceptors (Lipinski definition) is 10. The van der Waals surface area contributed by atoms with Crippen LogP contribution in [-0.4, -0.2) is 58.2 Å². The van der Waals surface area contributed by atoms with Gasteiger partial charge in [-0.2, -0.15) is 0 Å². The molecule has 2 atom stereocenters. The quantitative estimate of drug-likeness (QED) is 0.173. The number of rotatable bonds is 5. The Morgan fingerprint density at radius 2 is 1.65 bits per heavy atom. The fraction of sp³-hybridized carbons (Fsp3) is 0.400. The number of nitrogens with one attached hydrogen (secondary N) is 1. The molecular weight excluding hydrogens is 581 g/mol. The van der Waals surface area contributed by atoms with Crippen LogP contribution in [0.2, 0.25) is 0 Å². The number of piperidine rings is 1. The van der Waals surface area contributed by atoms with Crippen molar-refractivity contribution < 1.29 is 38.1 Å². The average molecular weight is 612 g/mol. The molecule has 11 nitrogen and oxygen atoms in total. The number of carboxylic acid groups (broad SMARTS) is 1. The predicted molar refractivity (Wildman–Crippen MR) is 157 cm³/mol. The largest absolute Gasteiger partial charge is 0.520 e. The Hall–Kier alpha value is -4.23. The summed E-state index contributed by atoms with van der Waals surface area (Å²) in [6.45, 7) is 9.23. The van der Waals surface area contributed by atoms with Crippen molar-refractivity contribution in [1.29, 1.82) is 0 Å². The van der Waals surface area contributed by atoms with E-state index >= 15 is 4.39 Å². The zero-order chi connectivity index (χ0) is 31.0. The van der Waals surface area contributed by atoms with Crippen molar-refractivity contribution in [3.8, 4) is 0 Å². The van der Waals surface area contributed by atoms with E-state index in [1.807, 2.05) is 29.2 Å². The van der Waals surface area contributed by atoms with Crippen molar-refractivity contribution in [2.75, 3.05) is 18.0 Å². The van der Waals surface area contributed by atoms with Crippen molar-refractivity contribution in [2.45, 2.75) is 52.0 Å². The number of para-hydroxylation sites is 1. The highest BCUT2D eigenvalue weighted by Gasteiger charge is 2.57. The van der Waals surface area contributed by atoms with Gasteiger partial charge >= 0.3 is 18.3 Å². The minimum Gasteiger partial charge on any atom is -0.477 e. The maximum atomic E-state index is 15.5. The van der Waals surface area contributed by atoms with Crippen LogP contribution in [0.15, 0.2) is 41.2 Å². The smallest absolute Gasteiger partial charge is 0.477 e. The molecule has 1 aliphatic carbocycles. The van der Waals surface area contributed by atoms with Crippen LogP contribution in [0.25, 0.3) is 25.9 Å². The van der Waals surface area contributed by atoms with Crippen molar-refractivity contribution in [1.82, 2.24) is 9.72 Å². The summed E-state index contributed by atoms with van der Waals surface area (Å²) in [5, 5.41) is 13.1. The van der Waals surface area contributed by atoms with Crippen molar-refractivity contribution in [2.24, 2.45) is 11.8 Å². The molecule has 4 aromatic rings. The second-order valence-electron chi connectivity index (χ2n) is 12.4. The van der Waals surface area contributed by atoms with E-state index in [2.05, 4.69) is 10.1 Å². The third-order valence-corrected chi connectivity index (χ3v) is 8.81. The van der Waals surface area contributed by atoms with E-state index in [0.717, 1.165) is 16.3 Å². The van der Waals surface area contributed by atoms with E-state index in [1.54, 1.807) is 45.1 Å². The number of carbonyl (C=O) groups excluding carboxylic acids is 2. The van der Waals surface area contributed by atoms with Crippen molar-refractivity contribution in [3.63, 3.8) is 0 Å². The lowest BCUT2D eigenvalue weighted by Crippen LogP contribution is -2.47. The summed E-state index contributed by atoms with van der Waals surface area (Å²) in [7, 11) is 0. The van der Waals surface area contributed by atoms with Gasteiger partial charge in [-0.25, -0.2) is 18.8 Å².